The molecule has 1 aliphatic rings. The fraction of sp³-hybridized carbons (Fsp3) is 0.588. The summed E-state index contributed by atoms with van der Waals surface area (Å²) in [6.07, 6.45) is 4.82. The van der Waals surface area contributed by atoms with Crippen molar-refractivity contribution in [2.45, 2.75) is 57.5 Å². The van der Waals surface area contributed by atoms with Crippen LogP contribution in [-0.2, 0) is 4.79 Å². The molecule has 21 heavy (non-hydrogen) atoms. The van der Waals surface area contributed by atoms with Crippen molar-refractivity contribution in [1.82, 2.24) is 5.32 Å². The van der Waals surface area contributed by atoms with Crippen molar-refractivity contribution in [3.8, 4) is 5.75 Å². The Balaban J connectivity index is 2.01. The molecular formula is C17H26N2O2. The molecule has 1 fully saturated rings. The number of hydrogen-bond acceptors (Lipinski definition) is 3. The van der Waals surface area contributed by atoms with Gasteiger partial charge in [-0.15, -0.1) is 0 Å². The Hall–Kier alpha value is -1.55. The van der Waals surface area contributed by atoms with Crippen LogP contribution in [0.1, 0.15) is 57.6 Å². The molecule has 3 N–H and O–H groups in total. The molecule has 4 heteroatoms. The summed E-state index contributed by atoms with van der Waals surface area (Å²) in [5.74, 6) is 0.799. The average molecular weight is 290 g/mol. The van der Waals surface area contributed by atoms with Crippen molar-refractivity contribution in [2.24, 2.45) is 5.73 Å². The Bertz CT molecular complexity index is 481. The van der Waals surface area contributed by atoms with Gasteiger partial charge in [-0.2, -0.15) is 0 Å². The molecule has 116 valence electrons. The lowest BCUT2D eigenvalue weighted by atomic mass is 9.81. The summed E-state index contributed by atoms with van der Waals surface area (Å²) in [5.41, 5.74) is 6.62. The minimum atomic E-state index is -0.690. The first-order valence-corrected chi connectivity index (χ1v) is 7.88. The van der Waals surface area contributed by atoms with Crippen molar-refractivity contribution in [2.75, 3.05) is 6.61 Å². The van der Waals surface area contributed by atoms with E-state index in [0.717, 1.165) is 37.0 Å². The molecular weight excluding hydrogens is 264 g/mol. The molecule has 1 amide bonds. The van der Waals surface area contributed by atoms with Gasteiger partial charge in [0.05, 0.1) is 18.2 Å². The number of hydrogen-bond donors (Lipinski definition) is 2. The van der Waals surface area contributed by atoms with Gasteiger partial charge < -0.3 is 15.8 Å². The van der Waals surface area contributed by atoms with E-state index in [2.05, 4.69) is 5.32 Å². The lowest BCUT2D eigenvalue weighted by Crippen LogP contribution is -2.55. The van der Waals surface area contributed by atoms with Crippen LogP contribution in [0.15, 0.2) is 24.3 Å². The number of carbonyl (C=O) groups is 1. The van der Waals surface area contributed by atoms with Crippen LogP contribution >= 0.6 is 0 Å². The number of nitrogens with two attached hydrogens (primary N) is 1. The van der Waals surface area contributed by atoms with E-state index in [0.29, 0.717) is 6.61 Å². The van der Waals surface area contributed by atoms with E-state index in [-0.39, 0.29) is 11.9 Å². The first-order chi connectivity index (χ1) is 10.0. The molecule has 0 heterocycles. The Morgan fingerprint density at radius 3 is 2.76 bits per heavy atom. The van der Waals surface area contributed by atoms with E-state index in [4.69, 9.17) is 10.5 Å². The zero-order chi connectivity index (χ0) is 15.3. The van der Waals surface area contributed by atoms with E-state index in [9.17, 15) is 4.79 Å². The second-order valence-electron chi connectivity index (χ2n) is 5.92. The second-order valence-corrected chi connectivity index (χ2v) is 5.92. The fourth-order valence-electron chi connectivity index (χ4n) is 2.87. The molecule has 1 saturated carbocycles. The number of benzene rings is 1. The Morgan fingerprint density at radius 2 is 2.10 bits per heavy atom. The van der Waals surface area contributed by atoms with E-state index in [1.807, 2.05) is 38.1 Å². The van der Waals surface area contributed by atoms with Crippen LogP contribution in [0.2, 0.25) is 0 Å². The molecule has 0 spiro atoms. The summed E-state index contributed by atoms with van der Waals surface area (Å²) in [6, 6.07) is 7.77. The van der Waals surface area contributed by atoms with Crippen molar-refractivity contribution in [3.05, 3.63) is 29.8 Å². The molecule has 4 nitrogen and oxygen atoms in total. The molecule has 1 unspecified atom stereocenters. The number of rotatable bonds is 5. The number of carbonyl (C=O) groups excluding carboxylic acids is 1. The standard InChI is InChI=1S/C17H26N2O2/c1-3-21-15-9-7-8-14(12-15)13(2)19-16(20)17(18)10-5-4-6-11-17/h7-9,12-13H,3-6,10-11,18H2,1-2H3,(H,19,20). The van der Waals surface area contributed by atoms with Crippen LogP contribution in [-0.4, -0.2) is 18.1 Å². The molecule has 1 aliphatic carbocycles. The second kappa shape index (κ2) is 6.94. The summed E-state index contributed by atoms with van der Waals surface area (Å²) in [7, 11) is 0. The SMILES string of the molecule is CCOc1cccc(C(C)NC(=O)C2(N)CCCCC2)c1. The third kappa shape index (κ3) is 3.97. The smallest absolute Gasteiger partial charge is 0.240 e. The van der Waals surface area contributed by atoms with Crippen LogP contribution < -0.4 is 15.8 Å². The molecule has 0 aromatic heterocycles. The van der Waals surface area contributed by atoms with Crippen LogP contribution in [0, 0.1) is 0 Å². The predicted octanol–water partition coefficient (Wildman–Crippen LogP) is 2.92. The number of nitrogens with one attached hydrogen (secondary N) is 1. The number of ether oxygens (including phenoxy) is 1. The highest BCUT2D eigenvalue weighted by atomic mass is 16.5. The number of amides is 1. The molecule has 0 aliphatic heterocycles. The zero-order valence-corrected chi connectivity index (χ0v) is 13.0. The maximum absolute atomic E-state index is 12.4. The Labute approximate surface area is 127 Å². The van der Waals surface area contributed by atoms with Crippen LogP contribution in [0.5, 0.6) is 5.75 Å². The highest BCUT2D eigenvalue weighted by molar-refractivity contribution is 5.86. The normalized spacial score (nSPS) is 18.8. The molecule has 1 aromatic carbocycles. The minimum absolute atomic E-state index is 0.0310. The lowest BCUT2D eigenvalue weighted by Gasteiger charge is -2.33. The van der Waals surface area contributed by atoms with Crippen molar-refractivity contribution >= 4 is 5.91 Å². The third-order valence-corrected chi connectivity index (χ3v) is 4.21. The van der Waals surface area contributed by atoms with Crippen LogP contribution in [0.3, 0.4) is 0 Å². The van der Waals surface area contributed by atoms with Gasteiger partial charge in [0.15, 0.2) is 0 Å². The summed E-state index contributed by atoms with van der Waals surface area (Å²) >= 11 is 0. The zero-order valence-electron chi connectivity index (χ0n) is 13.0. The summed E-state index contributed by atoms with van der Waals surface area (Å²) < 4.78 is 5.50. The Morgan fingerprint density at radius 1 is 1.38 bits per heavy atom. The largest absolute Gasteiger partial charge is 0.494 e. The maximum atomic E-state index is 12.4. The summed E-state index contributed by atoms with van der Waals surface area (Å²) in [5, 5.41) is 3.06. The quantitative estimate of drug-likeness (QED) is 0.876. The van der Waals surface area contributed by atoms with Gasteiger partial charge in [0.25, 0.3) is 0 Å². The molecule has 2 rings (SSSR count). The molecule has 0 bridgehead atoms. The molecule has 0 radical (unpaired) electrons. The first-order valence-electron chi connectivity index (χ1n) is 7.88. The average Bonchev–Trinajstić information content (AvgIpc) is 2.48. The Kier molecular flexibility index (Phi) is 5.23. The van der Waals surface area contributed by atoms with Crippen molar-refractivity contribution < 1.29 is 9.53 Å². The summed E-state index contributed by atoms with van der Waals surface area (Å²) in [4.78, 5) is 12.4. The highest BCUT2D eigenvalue weighted by Crippen LogP contribution is 2.27. The van der Waals surface area contributed by atoms with E-state index < -0.39 is 5.54 Å². The van der Waals surface area contributed by atoms with Gasteiger partial charge in [-0.1, -0.05) is 31.4 Å². The molecule has 1 atom stereocenters. The molecule has 1 aromatic rings. The fourth-order valence-corrected chi connectivity index (χ4v) is 2.87. The summed E-state index contributed by atoms with van der Waals surface area (Å²) in [6.45, 7) is 4.57. The van der Waals surface area contributed by atoms with E-state index in [1.54, 1.807) is 0 Å². The van der Waals surface area contributed by atoms with E-state index in [1.165, 1.54) is 6.42 Å². The van der Waals surface area contributed by atoms with Crippen molar-refractivity contribution in [1.29, 1.82) is 0 Å². The first kappa shape index (κ1) is 15.8. The van der Waals surface area contributed by atoms with Gasteiger partial charge in [0.2, 0.25) is 5.91 Å². The van der Waals surface area contributed by atoms with Crippen molar-refractivity contribution in [3.63, 3.8) is 0 Å². The lowest BCUT2D eigenvalue weighted by molar-refractivity contribution is -0.128. The van der Waals surface area contributed by atoms with Gasteiger partial charge in [-0.25, -0.2) is 0 Å². The molecule has 0 saturated heterocycles. The van der Waals surface area contributed by atoms with Gasteiger partial charge in [-0.3, -0.25) is 4.79 Å². The van der Waals surface area contributed by atoms with Gasteiger partial charge in [-0.05, 0) is 44.4 Å². The van der Waals surface area contributed by atoms with Gasteiger partial charge in [0.1, 0.15) is 5.75 Å². The van der Waals surface area contributed by atoms with E-state index >= 15 is 0 Å². The van der Waals surface area contributed by atoms with Gasteiger partial charge in [0, 0.05) is 0 Å². The van der Waals surface area contributed by atoms with Gasteiger partial charge >= 0.3 is 0 Å². The third-order valence-electron chi connectivity index (χ3n) is 4.21. The maximum Gasteiger partial charge on any atom is 0.240 e. The van der Waals surface area contributed by atoms with Crippen LogP contribution in [0.25, 0.3) is 0 Å². The minimum Gasteiger partial charge on any atom is -0.494 e. The predicted molar refractivity (Wildman–Crippen MR) is 84.2 cm³/mol. The topological polar surface area (TPSA) is 64.3 Å². The highest BCUT2D eigenvalue weighted by Gasteiger charge is 2.35. The van der Waals surface area contributed by atoms with Crippen LogP contribution in [0.4, 0.5) is 0 Å². The monoisotopic (exact) mass is 290 g/mol.